The van der Waals surface area contributed by atoms with Crippen LogP contribution >= 0.6 is 11.8 Å². The van der Waals surface area contributed by atoms with Crippen LogP contribution in [0, 0.1) is 34.5 Å². The summed E-state index contributed by atoms with van der Waals surface area (Å²) in [4.78, 5) is 25.1. The van der Waals surface area contributed by atoms with Gasteiger partial charge in [0.2, 0.25) is 0 Å². The van der Waals surface area contributed by atoms with Crippen molar-refractivity contribution in [2.75, 3.05) is 0 Å². The van der Waals surface area contributed by atoms with E-state index < -0.39 is 0 Å². The maximum atomic E-state index is 13.6. The first-order valence-electron chi connectivity index (χ1n) is 13.8. The third-order valence-corrected chi connectivity index (χ3v) is 11.4. The molecule has 0 N–H and O–H groups in total. The fourth-order valence-electron chi connectivity index (χ4n) is 8.62. The number of hydrogen-bond acceptors (Lipinski definition) is 4. The molecule has 0 amide bonds. The van der Waals surface area contributed by atoms with Gasteiger partial charge in [-0.15, -0.1) is 0 Å². The highest BCUT2D eigenvalue weighted by molar-refractivity contribution is 8.14. The third-order valence-electron chi connectivity index (χ3n) is 10.4. The van der Waals surface area contributed by atoms with E-state index in [0.717, 1.165) is 38.5 Å². The number of carbonyl (C=O) groups excluding carboxylic acids is 2. The average Bonchev–Trinajstić information content (AvgIpc) is 3.17. The molecule has 0 saturated heterocycles. The van der Waals surface area contributed by atoms with E-state index in [1.165, 1.54) is 37.3 Å². The lowest BCUT2D eigenvalue weighted by molar-refractivity contribution is -0.148. The number of carbonyl (C=O) groups is 2. The van der Waals surface area contributed by atoms with Crippen LogP contribution in [-0.4, -0.2) is 22.4 Å². The van der Waals surface area contributed by atoms with E-state index >= 15 is 0 Å². The van der Waals surface area contributed by atoms with Crippen LogP contribution in [0.15, 0.2) is 42.0 Å². The second kappa shape index (κ2) is 9.72. The summed E-state index contributed by atoms with van der Waals surface area (Å²) < 4.78 is 5.60. The van der Waals surface area contributed by atoms with Crippen molar-refractivity contribution in [3.8, 4) is 0 Å². The maximum Gasteiger partial charge on any atom is 0.302 e. The van der Waals surface area contributed by atoms with Gasteiger partial charge in [-0.25, -0.2) is 0 Å². The van der Waals surface area contributed by atoms with Crippen molar-refractivity contribution in [2.24, 2.45) is 34.5 Å². The fourth-order valence-corrected chi connectivity index (χ4v) is 9.84. The molecule has 3 saturated carbocycles. The minimum Gasteiger partial charge on any atom is -0.462 e. The van der Waals surface area contributed by atoms with Crippen molar-refractivity contribution in [1.29, 1.82) is 0 Å². The number of rotatable bonds is 5. The molecule has 0 bridgehead atoms. The molecular weight excluding hydrogens is 452 g/mol. The zero-order valence-corrected chi connectivity index (χ0v) is 22.7. The van der Waals surface area contributed by atoms with Gasteiger partial charge >= 0.3 is 5.97 Å². The number of esters is 1. The first-order chi connectivity index (χ1) is 16.7. The second-order valence-electron chi connectivity index (χ2n) is 12.3. The minimum atomic E-state index is -0.154. The molecule has 4 aliphatic carbocycles. The Labute approximate surface area is 215 Å². The predicted molar refractivity (Wildman–Crippen MR) is 143 cm³/mol. The molecule has 5 rings (SSSR count). The van der Waals surface area contributed by atoms with Crippen LogP contribution in [0.1, 0.15) is 84.6 Å². The SMILES string of the molecule is CC(=O)O[C@H]1CC[C@@]2(C)C(=CC[C@H]3[C@@H]4CC[C@H](C(=O)S[C@@H](C)Cc5ccccc5)[C@@]4(C)CC[C@@H]32)C1. The minimum absolute atomic E-state index is 0.0561. The molecule has 0 heterocycles. The van der Waals surface area contributed by atoms with Crippen LogP contribution in [0.3, 0.4) is 0 Å². The first kappa shape index (κ1) is 25.1. The van der Waals surface area contributed by atoms with E-state index in [1.807, 2.05) is 0 Å². The second-order valence-corrected chi connectivity index (χ2v) is 13.8. The van der Waals surface area contributed by atoms with E-state index in [1.54, 1.807) is 11.8 Å². The van der Waals surface area contributed by atoms with Gasteiger partial charge in [-0.2, -0.15) is 0 Å². The van der Waals surface area contributed by atoms with Gasteiger partial charge in [0.25, 0.3) is 0 Å². The topological polar surface area (TPSA) is 43.4 Å². The Morgan fingerprint density at radius 3 is 2.57 bits per heavy atom. The molecule has 8 atom stereocenters. The molecule has 35 heavy (non-hydrogen) atoms. The van der Waals surface area contributed by atoms with Gasteiger partial charge in [-0.3, -0.25) is 9.59 Å². The van der Waals surface area contributed by atoms with Crippen molar-refractivity contribution < 1.29 is 14.3 Å². The molecule has 0 radical (unpaired) electrons. The summed E-state index contributed by atoms with van der Waals surface area (Å²) >= 11 is 1.61. The Morgan fingerprint density at radius 1 is 1.06 bits per heavy atom. The highest BCUT2D eigenvalue weighted by atomic mass is 32.2. The van der Waals surface area contributed by atoms with Crippen molar-refractivity contribution >= 4 is 22.8 Å². The van der Waals surface area contributed by atoms with E-state index in [4.69, 9.17) is 4.74 Å². The summed E-state index contributed by atoms with van der Waals surface area (Å²) in [5.41, 5.74) is 3.24. The Kier molecular flexibility index (Phi) is 6.98. The molecule has 3 nitrogen and oxygen atoms in total. The summed E-state index contributed by atoms with van der Waals surface area (Å²) in [6.07, 6.45) is 12.4. The van der Waals surface area contributed by atoms with Gasteiger partial charge in [0.05, 0.1) is 0 Å². The quantitative estimate of drug-likeness (QED) is 0.316. The van der Waals surface area contributed by atoms with E-state index in [2.05, 4.69) is 57.2 Å². The molecule has 1 aromatic carbocycles. The number of thioether (sulfide) groups is 1. The number of benzene rings is 1. The lowest BCUT2D eigenvalue weighted by Crippen LogP contribution is -2.51. The van der Waals surface area contributed by atoms with Gasteiger partial charge in [-0.05, 0) is 85.5 Å². The summed E-state index contributed by atoms with van der Waals surface area (Å²) in [7, 11) is 0. The summed E-state index contributed by atoms with van der Waals surface area (Å²) in [6, 6.07) is 10.6. The number of hydrogen-bond donors (Lipinski definition) is 0. The van der Waals surface area contributed by atoms with Gasteiger partial charge in [0.1, 0.15) is 6.10 Å². The first-order valence-corrected chi connectivity index (χ1v) is 14.7. The van der Waals surface area contributed by atoms with Crippen LogP contribution in [0.5, 0.6) is 0 Å². The highest BCUT2D eigenvalue weighted by Crippen LogP contribution is 2.66. The standard InChI is InChI=1S/C31H42O3S/c1-20(18-22-8-6-5-7-9-22)35-29(33)28-13-12-26-25-11-10-23-19-24(34-21(2)32)14-16-30(23,3)27(25)15-17-31(26,28)4/h5-10,20,24-28H,11-19H2,1-4H3/t20-,24-,25-,26-,27-,28+,30-,31-/m0/s1. The van der Waals surface area contributed by atoms with Gasteiger partial charge in [0, 0.05) is 24.5 Å². The van der Waals surface area contributed by atoms with E-state index in [0.29, 0.717) is 28.1 Å². The number of fused-ring (bicyclic) bond motifs is 5. The third kappa shape index (κ3) is 4.65. The maximum absolute atomic E-state index is 13.6. The van der Waals surface area contributed by atoms with Crippen LogP contribution in [0.25, 0.3) is 0 Å². The monoisotopic (exact) mass is 494 g/mol. The fraction of sp³-hybridized carbons (Fsp3) is 0.677. The highest BCUT2D eigenvalue weighted by Gasteiger charge is 2.60. The Bertz CT molecular complexity index is 986. The molecule has 0 aromatic heterocycles. The summed E-state index contributed by atoms with van der Waals surface area (Å²) in [5.74, 6) is 2.10. The zero-order valence-electron chi connectivity index (χ0n) is 21.9. The van der Waals surface area contributed by atoms with E-state index in [-0.39, 0.29) is 28.8 Å². The van der Waals surface area contributed by atoms with Crippen LogP contribution in [-0.2, 0) is 20.7 Å². The van der Waals surface area contributed by atoms with Gasteiger partial charge in [0.15, 0.2) is 5.12 Å². The molecule has 0 spiro atoms. The van der Waals surface area contributed by atoms with Crippen molar-refractivity contribution in [2.45, 2.75) is 96.8 Å². The normalized spacial score (nSPS) is 39.0. The Hall–Kier alpha value is -1.55. The summed E-state index contributed by atoms with van der Waals surface area (Å²) in [5, 5.41) is 0.757. The molecule has 0 aliphatic heterocycles. The lowest BCUT2D eigenvalue weighted by atomic mass is 9.47. The Morgan fingerprint density at radius 2 is 1.83 bits per heavy atom. The molecule has 4 heteroatoms. The smallest absolute Gasteiger partial charge is 0.302 e. The van der Waals surface area contributed by atoms with Crippen molar-refractivity contribution in [3.63, 3.8) is 0 Å². The van der Waals surface area contributed by atoms with Crippen molar-refractivity contribution in [1.82, 2.24) is 0 Å². The molecule has 0 unspecified atom stereocenters. The molecule has 190 valence electrons. The zero-order chi connectivity index (χ0) is 24.8. The van der Waals surface area contributed by atoms with E-state index in [9.17, 15) is 9.59 Å². The number of allylic oxidation sites excluding steroid dienone is 1. The molecule has 1 aromatic rings. The largest absolute Gasteiger partial charge is 0.462 e. The number of ether oxygens (including phenoxy) is 1. The van der Waals surface area contributed by atoms with Gasteiger partial charge in [-0.1, -0.05) is 74.5 Å². The predicted octanol–water partition coefficient (Wildman–Crippen LogP) is 7.39. The molecule has 4 aliphatic rings. The Balaban J connectivity index is 1.27. The molecular formula is C31H42O3S. The average molecular weight is 495 g/mol. The van der Waals surface area contributed by atoms with Crippen molar-refractivity contribution in [3.05, 3.63) is 47.5 Å². The lowest BCUT2D eigenvalue weighted by Gasteiger charge is -2.58. The van der Waals surface area contributed by atoms with Crippen LogP contribution in [0.2, 0.25) is 0 Å². The van der Waals surface area contributed by atoms with Crippen LogP contribution in [0.4, 0.5) is 0 Å². The summed E-state index contributed by atoms with van der Waals surface area (Å²) in [6.45, 7) is 8.67. The van der Waals surface area contributed by atoms with Crippen LogP contribution < -0.4 is 0 Å². The van der Waals surface area contributed by atoms with Gasteiger partial charge < -0.3 is 4.74 Å². The molecule has 3 fully saturated rings.